The molecule has 0 aromatic carbocycles. The van der Waals surface area contributed by atoms with Gasteiger partial charge in [0.05, 0.1) is 5.54 Å². The highest BCUT2D eigenvalue weighted by Crippen LogP contribution is 2.13. The SMILES string of the molecule is CNC(=O)C1=CC=CC(C)(NC)C=C1. The van der Waals surface area contributed by atoms with E-state index in [-0.39, 0.29) is 11.4 Å². The van der Waals surface area contributed by atoms with Crippen molar-refractivity contribution in [3.63, 3.8) is 0 Å². The minimum absolute atomic E-state index is 0.0637. The lowest BCUT2D eigenvalue weighted by Gasteiger charge is -2.19. The molecule has 0 saturated heterocycles. The van der Waals surface area contributed by atoms with E-state index in [4.69, 9.17) is 0 Å². The molecule has 14 heavy (non-hydrogen) atoms. The number of carbonyl (C=O) groups excluding carboxylic acids is 1. The van der Waals surface area contributed by atoms with Crippen LogP contribution in [0.3, 0.4) is 0 Å². The van der Waals surface area contributed by atoms with E-state index in [1.165, 1.54) is 0 Å². The molecule has 1 rings (SSSR count). The first kappa shape index (κ1) is 10.7. The van der Waals surface area contributed by atoms with Crippen LogP contribution in [0.15, 0.2) is 36.0 Å². The van der Waals surface area contributed by atoms with Crippen molar-refractivity contribution >= 4 is 5.91 Å². The van der Waals surface area contributed by atoms with E-state index in [1.54, 1.807) is 13.1 Å². The molecule has 0 aromatic rings. The summed E-state index contributed by atoms with van der Waals surface area (Å²) in [6, 6.07) is 0. The Labute approximate surface area is 84.6 Å². The van der Waals surface area contributed by atoms with Crippen molar-refractivity contribution in [3.8, 4) is 0 Å². The second-order valence-electron chi connectivity index (χ2n) is 3.43. The molecule has 0 aliphatic heterocycles. The molecule has 0 spiro atoms. The fourth-order valence-electron chi connectivity index (χ4n) is 1.19. The summed E-state index contributed by atoms with van der Waals surface area (Å²) in [5.74, 6) is -0.0637. The molecule has 76 valence electrons. The molecule has 1 atom stereocenters. The first-order chi connectivity index (χ1) is 6.61. The third-order valence-electron chi connectivity index (χ3n) is 2.36. The maximum Gasteiger partial charge on any atom is 0.251 e. The zero-order chi connectivity index (χ0) is 10.6. The standard InChI is InChI=1S/C11H16N2O/c1-11(13-3)7-4-5-9(6-8-11)10(14)12-2/h4-8,13H,1-3H3,(H,12,14). The lowest BCUT2D eigenvalue weighted by molar-refractivity contribution is -0.116. The Morgan fingerprint density at radius 1 is 1.36 bits per heavy atom. The number of hydrogen-bond acceptors (Lipinski definition) is 2. The molecule has 0 radical (unpaired) electrons. The number of nitrogens with one attached hydrogen (secondary N) is 2. The third-order valence-corrected chi connectivity index (χ3v) is 2.36. The van der Waals surface area contributed by atoms with Gasteiger partial charge in [-0.3, -0.25) is 4.79 Å². The molecule has 0 bridgehead atoms. The van der Waals surface area contributed by atoms with Crippen molar-refractivity contribution < 1.29 is 4.79 Å². The van der Waals surface area contributed by atoms with Gasteiger partial charge < -0.3 is 10.6 Å². The Bertz CT molecular complexity index is 315. The van der Waals surface area contributed by atoms with Crippen LogP contribution >= 0.6 is 0 Å². The molecular weight excluding hydrogens is 176 g/mol. The zero-order valence-corrected chi connectivity index (χ0v) is 8.79. The lowest BCUT2D eigenvalue weighted by atomic mass is 10.0. The van der Waals surface area contributed by atoms with Crippen LogP contribution < -0.4 is 10.6 Å². The van der Waals surface area contributed by atoms with Gasteiger partial charge in [-0.1, -0.05) is 24.3 Å². The van der Waals surface area contributed by atoms with Gasteiger partial charge >= 0.3 is 0 Å². The number of hydrogen-bond donors (Lipinski definition) is 2. The van der Waals surface area contributed by atoms with Gasteiger partial charge in [0.25, 0.3) is 5.91 Å². The Morgan fingerprint density at radius 2 is 2.07 bits per heavy atom. The van der Waals surface area contributed by atoms with Gasteiger partial charge in [-0.25, -0.2) is 0 Å². The molecule has 2 N–H and O–H groups in total. The number of rotatable bonds is 2. The normalized spacial score (nSPS) is 25.5. The maximum absolute atomic E-state index is 11.3. The van der Waals surface area contributed by atoms with Gasteiger partial charge in [0.1, 0.15) is 0 Å². The average molecular weight is 192 g/mol. The van der Waals surface area contributed by atoms with Gasteiger partial charge in [-0.15, -0.1) is 0 Å². The van der Waals surface area contributed by atoms with Crippen LogP contribution in [0.1, 0.15) is 6.92 Å². The summed E-state index contributed by atoms with van der Waals surface area (Å²) in [5.41, 5.74) is 0.495. The van der Waals surface area contributed by atoms with E-state index in [1.807, 2.05) is 38.3 Å². The summed E-state index contributed by atoms with van der Waals surface area (Å²) in [6.45, 7) is 2.04. The highest BCUT2D eigenvalue weighted by atomic mass is 16.1. The van der Waals surface area contributed by atoms with E-state index in [2.05, 4.69) is 10.6 Å². The second kappa shape index (κ2) is 4.24. The molecule has 0 heterocycles. The Morgan fingerprint density at radius 3 is 2.64 bits per heavy atom. The van der Waals surface area contributed by atoms with Crippen molar-refractivity contribution in [2.75, 3.05) is 14.1 Å². The highest BCUT2D eigenvalue weighted by molar-refractivity contribution is 5.96. The molecule has 0 aromatic heterocycles. The summed E-state index contributed by atoms with van der Waals surface area (Å²) < 4.78 is 0. The molecule has 0 saturated carbocycles. The van der Waals surface area contributed by atoms with E-state index >= 15 is 0 Å². The summed E-state index contributed by atoms with van der Waals surface area (Å²) in [5, 5.41) is 5.75. The van der Waals surface area contributed by atoms with Gasteiger partial charge in [-0.2, -0.15) is 0 Å². The van der Waals surface area contributed by atoms with Crippen LogP contribution in [0.25, 0.3) is 0 Å². The summed E-state index contributed by atoms with van der Waals surface area (Å²) in [4.78, 5) is 11.3. The molecule has 1 aliphatic rings. The Hall–Kier alpha value is -1.35. The quantitative estimate of drug-likeness (QED) is 0.678. The first-order valence-electron chi connectivity index (χ1n) is 4.61. The van der Waals surface area contributed by atoms with Crippen LogP contribution in [-0.2, 0) is 4.79 Å². The smallest absolute Gasteiger partial charge is 0.251 e. The monoisotopic (exact) mass is 192 g/mol. The highest BCUT2D eigenvalue weighted by Gasteiger charge is 2.16. The summed E-state index contributed by atoms with van der Waals surface area (Å²) in [6.07, 6.45) is 9.51. The van der Waals surface area contributed by atoms with Crippen molar-refractivity contribution in [1.82, 2.24) is 10.6 Å². The molecule has 3 heteroatoms. The predicted molar refractivity (Wildman–Crippen MR) is 57.9 cm³/mol. The van der Waals surface area contributed by atoms with Gasteiger partial charge in [-0.05, 0) is 20.0 Å². The summed E-state index contributed by atoms with van der Waals surface area (Å²) >= 11 is 0. The zero-order valence-electron chi connectivity index (χ0n) is 8.79. The van der Waals surface area contributed by atoms with Crippen molar-refractivity contribution in [2.45, 2.75) is 12.5 Å². The number of likely N-dealkylation sites (N-methyl/N-ethyl adjacent to an activating group) is 2. The molecule has 1 unspecified atom stereocenters. The Kier molecular flexibility index (Phi) is 3.25. The van der Waals surface area contributed by atoms with Crippen LogP contribution in [0.4, 0.5) is 0 Å². The van der Waals surface area contributed by atoms with Crippen molar-refractivity contribution in [1.29, 1.82) is 0 Å². The lowest BCUT2D eigenvalue weighted by Crippen LogP contribution is -2.34. The van der Waals surface area contributed by atoms with Crippen LogP contribution in [0.5, 0.6) is 0 Å². The number of amides is 1. The van der Waals surface area contributed by atoms with Crippen LogP contribution in [0, 0.1) is 0 Å². The van der Waals surface area contributed by atoms with Crippen LogP contribution in [0.2, 0.25) is 0 Å². The third kappa shape index (κ3) is 2.33. The van der Waals surface area contributed by atoms with Crippen molar-refractivity contribution in [2.24, 2.45) is 0 Å². The second-order valence-corrected chi connectivity index (χ2v) is 3.43. The minimum Gasteiger partial charge on any atom is -0.355 e. The summed E-state index contributed by atoms with van der Waals surface area (Å²) in [7, 11) is 3.52. The number of carbonyl (C=O) groups is 1. The molecule has 1 amide bonds. The average Bonchev–Trinajstić information content (AvgIpc) is 2.40. The van der Waals surface area contributed by atoms with E-state index in [9.17, 15) is 4.79 Å². The van der Waals surface area contributed by atoms with Crippen LogP contribution in [-0.4, -0.2) is 25.5 Å². The van der Waals surface area contributed by atoms with Gasteiger partial charge in [0.2, 0.25) is 0 Å². The fraction of sp³-hybridized carbons (Fsp3) is 0.364. The van der Waals surface area contributed by atoms with Gasteiger partial charge in [0.15, 0.2) is 0 Å². The molecule has 3 nitrogen and oxygen atoms in total. The molecular formula is C11H16N2O. The fourth-order valence-corrected chi connectivity index (χ4v) is 1.19. The topological polar surface area (TPSA) is 41.1 Å². The largest absolute Gasteiger partial charge is 0.355 e. The predicted octanol–water partition coefficient (Wildman–Crippen LogP) is 0.763. The minimum atomic E-state index is -0.174. The Balaban J connectivity index is 2.89. The molecule has 0 fully saturated rings. The van der Waals surface area contributed by atoms with Gasteiger partial charge in [0, 0.05) is 12.6 Å². The van der Waals surface area contributed by atoms with Crippen molar-refractivity contribution in [3.05, 3.63) is 36.0 Å². The first-order valence-corrected chi connectivity index (χ1v) is 4.61. The molecule has 1 aliphatic carbocycles. The van der Waals surface area contributed by atoms with E-state index < -0.39 is 0 Å². The maximum atomic E-state index is 11.3. The van der Waals surface area contributed by atoms with E-state index in [0.717, 1.165) is 0 Å². The number of allylic oxidation sites excluding steroid dienone is 2. The van der Waals surface area contributed by atoms with E-state index in [0.29, 0.717) is 5.57 Å².